The smallest absolute Gasteiger partial charge is 0.319 e. The van der Waals surface area contributed by atoms with Gasteiger partial charge in [0.1, 0.15) is 0 Å². The van der Waals surface area contributed by atoms with Gasteiger partial charge in [0.15, 0.2) is 9.84 Å². The molecule has 0 fully saturated rings. The van der Waals surface area contributed by atoms with Gasteiger partial charge >= 0.3 is 6.03 Å². The summed E-state index contributed by atoms with van der Waals surface area (Å²) in [5.74, 6) is 0. The minimum absolute atomic E-state index is 0.217. The zero-order valence-corrected chi connectivity index (χ0v) is 15.0. The van der Waals surface area contributed by atoms with E-state index in [-0.39, 0.29) is 17.0 Å². The number of rotatable bonds is 5. The maximum atomic E-state index is 12.1. The van der Waals surface area contributed by atoms with Crippen molar-refractivity contribution >= 4 is 33.2 Å². The van der Waals surface area contributed by atoms with Crippen LogP contribution in [0.25, 0.3) is 0 Å². The van der Waals surface area contributed by atoms with E-state index in [4.69, 9.17) is 11.6 Å². The Hall–Kier alpha value is -2.05. The van der Waals surface area contributed by atoms with Crippen LogP contribution in [0.4, 0.5) is 10.5 Å². The lowest BCUT2D eigenvalue weighted by Crippen LogP contribution is -2.32. The number of halogens is 1. The maximum absolute atomic E-state index is 12.1. The normalized spacial score (nSPS) is 12.5. The summed E-state index contributed by atoms with van der Waals surface area (Å²) in [4.78, 5) is 12.4. The van der Waals surface area contributed by atoms with E-state index in [1.165, 1.54) is 0 Å². The highest BCUT2D eigenvalue weighted by Crippen LogP contribution is 2.20. The Kier molecular flexibility index (Phi) is 5.85. The molecule has 24 heavy (non-hydrogen) atoms. The van der Waals surface area contributed by atoms with Crippen molar-refractivity contribution in [1.82, 2.24) is 5.32 Å². The fraction of sp³-hybridized carbons (Fsp3) is 0.235. The highest BCUT2D eigenvalue weighted by atomic mass is 35.5. The summed E-state index contributed by atoms with van der Waals surface area (Å²) in [6.45, 7) is 1.94. The van der Waals surface area contributed by atoms with Gasteiger partial charge in [-0.2, -0.15) is 0 Å². The first-order chi connectivity index (χ1) is 11.3. The highest BCUT2D eigenvalue weighted by Gasteiger charge is 2.14. The van der Waals surface area contributed by atoms with E-state index in [0.29, 0.717) is 17.1 Å². The molecule has 0 aromatic heterocycles. The number of sulfone groups is 1. The summed E-state index contributed by atoms with van der Waals surface area (Å²) in [7, 11) is -3.23. The summed E-state index contributed by atoms with van der Waals surface area (Å²) >= 11 is 5.81. The molecule has 0 aliphatic rings. The SMILES string of the molecule is CC[C@@H](NC(=O)Nc1ccc(Cl)cc1)c1ccc(S(C)(=O)=O)cc1. The zero-order chi connectivity index (χ0) is 17.7. The van der Waals surface area contributed by atoms with Crippen LogP contribution in [0.2, 0.25) is 5.02 Å². The Morgan fingerprint density at radius 3 is 2.17 bits per heavy atom. The Labute approximate surface area is 147 Å². The molecular weight excluding hydrogens is 348 g/mol. The molecule has 0 aliphatic carbocycles. The van der Waals surface area contributed by atoms with E-state index in [0.717, 1.165) is 11.8 Å². The second-order valence-electron chi connectivity index (χ2n) is 5.41. The third kappa shape index (κ3) is 4.97. The number of benzene rings is 2. The molecule has 128 valence electrons. The molecule has 7 heteroatoms. The molecular formula is C17H19ClN2O3S. The third-order valence-corrected chi connectivity index (χ3v) is 4.91. The molecule has 2 rings (SSSR count). The molecule has 0 saturated heterocycles. The number of carbonyl (C=O) groups is 1. The van der Waals surface area contributed by atoms with E-state index < -0.39 is 9.84 Å². The molecule has 0 unspecified atom stereocenters. The van der Waals surface area contributed by atoms with Crippen LogP contribution in [0.3, 0.4) is 0 Å². The Morgan fingerprint density at radius 1 is 1.08 bits per heavy atom. The fourth-order valence-corrected chi connectivity index (χ4v) is 2.98. The van der Waals surface area contributed by atoms with Gasteiger partial charge in [-0.05, 0) is 48.4 Å². The van der Waals surface area contributed by atoms with E-state index >= 15 is 0 Å². The van der Waals surface area contributed by atoms with E-state index in [2.05, 4.69) is 10.6 Å². The lowest BCUT2D eigenvalue weighted by molar-refractivity contribution is 0.248. The van der Waals surface area contributed by atoms with Crippen molar-refractivity contribution in [2.24, 2.45) is 0 Å². The lowest BCUT2D eigenvalue weighted by atomic mass is 10.1. The second kappa shape index (κ2) is 7.68. The minimum atomic E-state index is -3.23. The number of anilines is 1. The summed E-state index contributed by atoms with van der Waals surface area (Å²) in [5.41, 5.74) is 1.48. The van der Waals surface area contributed by atoms with Gasteiger partial charge in [-0.15, -0.1) is 0 Å². The minimum Gasteiger partial charge on any atom is -0.331 e. The van der Waals surface area contributed by atoms with Gasteiger partial charge < -0.3 is 10.6 Å². The lowest BCUT2D eigenvalue weighted by Gasteiger charge is -2.18. The second-order valence-corrected chi connectivity index (χ2v) is 7.86. The average Bonchev–Trinajstić information content (AvgIpc) is 2.54. The van der Waals surface area contributed by atoms with Crippen LogP contribution in [0, 0.1) is 0 Å². The van der Waals surface area contributed by atoms with Crippen LogP contribution >= 0.6 is 11.6 Å². The van der Waals surface area contributed by atoms with Crippen molar-refractivity contribution < 1.29 is 13.2 Å². The number of hydrogen-bond acceptors (Lipinski definition) is 3. The fourth-order valence-electron chi connectivity index (χ4n) is 2.23. The number of carbonyl (C=O) groups excluding carboxylic acids is 1. The largest absolute Gasteiger partial charge is 0.331 e. The number of urea groups is 1. The third-order valence-electron chi connectivity index (χ3n) is 3.53. The molecule has 2 aromatic carbocycles. The Balaban J connectivity index is 2.05. The monoisotopic (exact) mass is 366 g/mol. The zero-order valence-electron chi connectivity index (χ0n) is 13.4. The molecule has 0 radical (unpaired) electrons. The van der Waals surface area contributed by atoms with Gasteiger partial charge in [-0.3, -0.25) is 0 Å². The van der Waals surface area contributed by atoms with Crippen LogP contribution in [-0.4, -0.2) is 20.7 Å². The average molecular weight is 367 g/mol. The molecule has 2 aromatic rings. The first-order valence-electron chi connectivity index (χ1n) is 7.42. The van der Waals surface area contributed by atoms with E-state index in [1.54, 1.807) is 48.5 Å². The van der Waals surface area contributed by atoms with Crippen molar-refractivity contribution in [2.45, 2.75) is 24.3 Å². The molecule has 2 amide bonds. The molecule has 1 atom stereocenters. The van der Waals surface area contributed by atoms with Crippen molar-refractivity contribution in [2.75, 3.05) is 11.6 Å². The van der Waals surface area contributed by atoms with E-state index in [1.807, 2.05) is 6.92 Å². The van der Waals surface area contributed by atoms with Gasteiger partial charge in [-0.1, -0.05) is 30.7 Å². The summed E-state index contributed by atoms with van der Waals surface area (Å²) in [6, 6.07) is 12.8. The van der Waals surface area contributed by atoms with Crippen molar-refractivity contribution in [1.29, 1.82) is 0 Å². The van der Waals surface area contributed by atoms with Crippen molar-refractivity contribution in [3.63, 3.8) is 0 Å². The summed E-state index contributed by atoms with van der Waals surface area (Å²) in [5, 5.41) is 6.20. The molecule has 0 saturated carbocycles. The van der Waals surface area contributed by atoms with Crippen LogP contribution < -0.4 is 10.6 Å². The Bertz CT molecular complexity index is 803. The standard InChI is InChI=1S/C17H19ClN2O3S/c1-3-16(12-4-10-15(11-5-12)24(2,22)23)20-17(21)19-14-8-6-13(18)7-9-14/h4-11,16H,3H2,1-2H3,(H2,19,20,21)/t16-/m1/s1. The van der Waals surface area contributed by atoms with E-state index in [9.17, 15) is 13.2 Å². The van der Waals surface area contributed by atoms with Crippen LogP contribution in [-0.2, 0) is 9.84 Å². The molecule has 5 nitrogen and oxygen atoms in total. The highest BCUT2D eigenvalue weighted by molar-refractivity contribution is 7.90. The first-order valence-corrected chi connectivity index (χ1v) is 9.69. The quantitative estimate of drug-likeness (QED) is 0.839. The van der Waals surface area contributed by atoms with Crippen molar-refractivity contribution in [3.05, 3.63) is 59.1 Å². The number of amides is 2. The van der Waals surface area contributed by atoms with Gasteiger partial charge in [0.2, 0.25) is 0 Å². The predicted molar refractivity (Wildman–Crippen MR) is 96.2 cm³/mol. The van der Waals surface area contributed by atoms with Gasteiger partial charge in [0.25, 0.3) is 0 Å². The Morgan fingerprint density at radius 2 is 1.67 bits per heavy atom. The molecule has 2 N–H and O–H groups in total. The maximum Gasteiger partial charge on any atom is 0.319 e. The molecule has 0 heterocycles. The molecule has 0 spiro atoms. The summed E-state index contributed by atoms with van der Waals surface area (Å²) < 4.78 is 23.0. The van der Waals surface area contributed by atoms with Gasteiger partial charge in [0.05, 0.1) is 10.9 Å². The topological polar surface area (TPSA) is 75.3 Å². The number of hydrogen-bond donors (Lipinski definition) is 2. The number of nitrogens with one attached hydrogen (secondary N) is 2. The summed E-state index contributed by atoms with van der Waals surface area (Å²) in [6.07, 6.45) is 1.84. The van der Waals surface area contributed by atoms with Crippen LogP contribution in [0.5, 0.6) is 0 Å². The van der Waals surface area contributed by atoms with Gasteiger partial charge in [-0.25, -0.2) is 13.2 Å². The van der Waals surface area contributed by atoms with Crippen molar-refractivity contribution in [3.8, 4) is 0 Å². The first kappa shape index (κ1) is 18.3. The van der Waals surface area contributed by atoms with Crippen LogP contribution in [0.15, 0.2) is 53.4 Å². The molecule has 0 aliphatic heterocycles. The van der Waals surface area contributed by atoms with Gasteiger partial charge in [0, 0.05) is 17.0 Å². The van der Waals surface area contributed by atoms with Crippen LogP contribution in [0.1, 0.15) is 24.9 Å². The molecule has 0 bridgehead atoms. The predicted octanol–water partition coefficient (Wildman–Crippen LogP) is 4.02.